The van der Waals surface area contributed by atoms with Crippen LogP contribution in [0, 0.1) is 12.7 Å². The Morgan fingerprint density at radius 1 is 1.44 bits per heavy atom. The number of nitrogens with two attached hydrogens (primary N) is 1. The van der Waals surface area contributed by atoms with E-state index in [2.05, 4.69) is 10.3 Å². The number of nitrogens with one attached hydrogen (secondary N) is 1. The Morgan fingerprint density at radius 2 is 2.22 bits per heavy atom. The summed E-state index contributed by atoms with van der Waals surface area (Å²) < 4.78 is 13.6. The van der Waals surface area contributed by atoms with Gasteiger partial charge < -0.3 is 11.1 Å². The number of hydrogen-bond donors (Lipinski definition) is 2. The highest BCUT2D eigenvalue weighted by Gasteiger charge is 2.06. The van der Waals surface area contributed by atoms with Crippen molar-refractivity contribution in [1.82, 2.24) is 4.98 Å². The van der Waals surface area contributed by atoms with E-state index >= 15 is 0 Å². The molecule has 0 spiro atoms. The van der Waals surface area contributed by atoms with Gasteiger partial charge in [0.25, 0.3) is 0 Å². The van der Waals surface area contributed by atoms with Gasteiger partial charge in [-0.3, -0.25) is 0 Å². The van der Waals surface area contributed by atoms with Crippen molar-refractivity contribution in [2.24, 2.45) is 0 Å². The number of halogens is 2. The third-order valence-electron chi connectivity index (χ3n) is 2.67. The van der Waals surface area contributed by atoms with Crippen LogP contribution in [0.5, 0.6) is 0 Å². The Kier molecular flexibility index (Phi) is 3.67. The van der Waals surface area contributed by atoms with E-state index in [1.165, 1.54) is 6.07 Å². The first kappa shape index (κ1) is 12.6. The van der Waals surface area contributed by atoms with Gasteiger partial charge >= 0.3 is 0 Å². The van der Waals surface area contributed by atoms with Gasteiger partial charge in [-0.1, -0.05) is 23.7 Å². The first-order valence-electron chi connectivity index (χ1n) is 5.47. The molecule has 0 radical (unpaired) electrons. The molecule has 1 aromatic carbocycles. The summed E-state index contributed by atoms with van der Waals surface area (Å²) in [6.07, 6.45) is 1.58. The fourth-order valence-corrected chi connectivity index (χ4v) is 1.83. The highest BCUT2D eigenvalue weighted by Crippen LogP contribution is 2.21. The lowest BCUT2D eigenvalue weighted by Crippen LogP contribution is -2.06. The molecule has 0 atom stereocenters. The molecule has 94 valence electrons. The van der Waals surface area contributed by atoms with Crippen molar-refractivity contribution in [3.8, 4) is 0 Å². The summed E-state index contributed by atoms with van der Waals surface area (Å²) in [6, 6.07) is 6.51. The molecule has 0 bridgehead atoms. The van der Waals surface area contributed by atoms with Crippen LogP contribution in [0.15, 0.2) is 30.5 Å². The van der Waals surface area contributed by atoms with Crippen molar-refractivity contribution in [3.05, 3.63) is 52.6 Å². The van der Waals surface area contributed by atoms with E-state index < -0.39 is 0 Å². The van der Waals surface area contributed by atoms with E-state index in [0.717, 1.165) is 11.1 Å². The maximum Gasteiger partial charge on any atom is 0.146 e. The molecule has 0 aliphatic rings. The molecule has 3 nitrogen and oxygen atoms in total. The quantitative estimate of drug-likeness (QED) is 0.837. The zero-order valence-corrected chi connectivity index (χ0v) is 10.6. The second-order valence-electron chi connectivity index (χ2n) is 3.99. The number of nitrogen functional groups attached to an aromatic ring is 1. The highest BCUT2D eigenvalue weighted by molar-refractivity contribution is 6.29. The minimum absolute atomic E-state index is 0.282. The number of benzene rings is 1. The summed E-state index contributed by atoms with van der Waals surface area (Å²) >= 11 is 5.71. The number of aromatic nitrogens is 1. The summed E-state index contributed by atoms with van der Waals surface area (Å²) in [6.45, 7) is 2.24. The van der Waals surface area contributed by atoms with Gasteiger partial charge in [-0.05, 0) is 24.6 Å². The minimum Gasteiger partial charge on any atom is -0.398 e. The third kappa shape index (κ3) is 2.71. The molecule has 0 amide bonds. The van der Waals surface area contributed by atoms with Crippen LogP contribution in [-0.4, -0.2) is 4.98 Å². The van der Waals surface area contributed by atoms with E-state index in [1.54, 1.807) is 18.3 Å². The molecule has 1 heterocycles. The monoisotopic (exact) mass is 265 g/mol. The Morgan fingerprint density at radius 3 is 2.89 bits per heavy atom. The number of hydrogen-bond acceptors (Lipinski definition) is 3. The van der Waals surface area contributed by atoms with Crippen LogP contribution in [0.1, 0.15) is 11.1 Å². The van der Waals surface area contributed by atoms with Crippen molar-refractivity contribution in [2.45, 2.75) is 13.5 Å². The lowest BCUT2D eigenvalue weighted by Gasteiger charge is -2.11. The fraction of sp³-hybridized carbons (Fsp3) is 0.154. The molecular formula is C13H13ClFN3. The lowest BCUT2D eigenvalue weighted by molar-refractivity contribution is 0.629. The molecule has 18 heavy (non-hydrogen) atoms. The molecule has 3 N–H and O–H groups in total. The van der Waals surface area contributed by atoms with Gasteiger partial charge in [-0.2, -0.15) is 0 Å². The number of para-hydroxylation sites is 1. The van der Waals surface area contributed by atoms with Crippen molar-refractivity contribution in [2.75, 3.05) is 11.1 Å². The number of pyridine rings is 1. The molecule has 2 aromatic rings. The largest absolute Gasteiger partial charge is 0.398 e. The standard InChI is InChI=1S/C13H13ClFN3/c1-8-3-2-4-10(15)13(8)18-7-9-6-17-12(14)5-11(9)16/h2-6,18H,7H2,1H3,(H2,16,17). The van der Waals surface area contributed by atoms with Crippen LogP contribution in [0.2, 0.25) is 5.15 Å². The first-order valence-corrected chi connectivity index (χ1v) is 5.84. The van der Waals surface area contributed by atoms with Gasteiger partial charge in [0, 0.05) is 24.0 Å². The highest BCUT2D eigenvalue weighted by atomic mass is 35.5. The fourth-order valence-electron chi connectivity index (χ4n) is 1.66. The summed E-state index contributed by atoms with van der Waals surface area (Å²) in [5.74, 6) is -0.282. The van der Waals surface area contributed by atoms with Crippen LogP contribution < -0.4 is 11.1 Å². The van der Waals surface area contributed by atoms with Gasteiger partial charge in [0.2, 0.25) is 0 Å². The second-order valence-corrected chi connectivity index (χ2v) is 4.38. The third-order valence-corrected chi connectivity index (χ3v) is 2.87. The van der Waals surface area contributed by atoms with Gasteiger partial charge in [0.1, 0.15) is 11.0 Å². The van der Waals surface area contributed by atoms with Crippen LogP contribution in [-0.2, 0) is 6.54 Å². The second kappa shape index (κ2) is 5.23. The predicted octanol–water partition coefficient (Wildman–Crippen LogP) is 3.38. The molecule has 1 aromatic heterocycles. The maximum atomic E-state index is 13.6. The molecular weight excluding hydrogens is 253 g/mol. The summed E-state index contributed by atoms with van der Waals surface area (Å²) in [7, 11) is 0. The molecule has 0 unspecified atom stereocenters. The molecule has 0 aliphatic heterocycles. The Bertz CT molecular complexity index is 552. The smallest absolute Gasteiger partial charge is 0.146 e. The van der Waals surface area contributed by atoms with Crippen LogP contribution in [0.25, 0.3) is 0 Å². The van der Waals surface area contributed by atoms with E-state index in [9.17, 15) is 4.39 Å². The Labute approximate surface area is 110 Å². The minimum atomic E-state index is -0.282. The molecule has 0 saturated carbocycles. The maximum absolute atomic E-state index is 13.6. The van der Waals surface area contributed by atoms with E-state index in [4.69, 9.17) is 17.3 Å². The number of aryl methyl sites for hydroxylation is 1. The van der Waals surface area contributed by atoms with Crippen LogP contribution in [0.3, 0.4) is 0 Å². The summed E-state index contributed by atoms with van der Waals surface area (Å²) in [5, 5.41) is 3.37. The van der Waals surface area contributed by atoms with Gasteiger partial charge in [0.05, 0.1) is 5.69 Å². The zero-order chi connectivity index (χ0) is 13.1. The van der Waals surface area contributed by atoms with Crippen molar-refractivity contribution < 1.29 is 4.39 Å². The van der Waals surface area contributed by atoms with Crippen molar-refractivity contribution >= 4 is 23.0 Å². The number of nitrogens with zero attached hydrogens (tertiary/aromatic N) is 1. The average Bonchev–Trinajstić information content (AvgIpc) is 2.31. The SMILES string of the molecule is Cc1cccc(F)c1NCc1cnc(Cl)cc1N. The molecule has 5 heteroatoms. The molecule has 0 saturated heterocycles. The van der Waals surface area contributed by atoms with Crippen LogP contribution in [0.4, 0.5) is 15.8 Å². The van der Waals surface area contributed by atoms with Crippen molar-refractivity contribution in [3.63, 3.8) is 0 Å². The Balaban J connectivity index is 2.16. The average molecular weight is 266 g/mol. The Hall–Kier alpha value is -1.81. The van der Waals surface area contributed by atoms with E-state index in [-0.39, 0.29) is 5.82 Å². The summed E-state index contributed by atoms with van der Waals surface area (Å²) in [5.41, 5.74) is 8.44. The van der Waals surface area contributed by atoms with E-state index in [1.807, 2.05) is 13.0 Å². The van der Waals surface area contributed by atoms with Crippen LogP contribution >= 0.6 is 11.6 Å². The topological polar surface area (TPSA) is 50.9 Å². The molecule has 2 rings (SSSR count). The molecule has 0 aliphatic carbocycles. The predicted molar refractivity (Wildman–Crippen MR) is 72.1 cm³/mol. The zero-order valence-electron chi connectivity index (χ0n) is 9.87. The van der Waals surface area contributed by atoms with E-state index in [0.29, 0.717) is 23.1 Å². The number of rotatable bonds is 3. The first-order chi connectivity index (χ1) is 8.58. The summed E-state index contributed by atoms with van der Waals surface area (Å²) in [4.78, 5) is 3.95. The normalized spacial score (nSPS) is 10.4. The van der Waals surface area contributed by atoms with Crippen molar-refractivity contribution in [1.29, 1.82) is 0 Å². The number of anilines is 2. The molecule has 0 fully saturated rings. The van der Waals surface area contributed by atoms with Gasteiger partial charge in [-0.25, -0.2) is 9.37 Å². The lowest BCUT2D eigenvalue weighted by atomic mass is 10.1. The van der Waals surface area contributed by atoms with Gasteiger partial charge in [0.15, 0.2) is 0 Å². The van der Waals surface area contributed by atoms with Gasteiger partial charge in [-0.15, -0.1) is 0 Å².